The van der Waals surface area contributed by atoms with Gasteiger partial charge in [-0.3, -0.25) is 4.79 Å². The Morgan fingerprint density at radius 1 is 1.17 bits per heavy atom. The average molecular weight is 333 g/mol. The summed E-state index contributed by atoms with van der Waals surface area (Å²) in [6.45, 7) is 2.75. The molecule has 122 valence electrons. The second-order valence-corrected chi connectivity index (χ2v) is 6.41. The second kappa shape index (κ2) is 9.20. The van der Waals surface area contributed by atoms with Gasteiger partial charge in [0.05, 0.1) is 11.9 Å². The summed E-state index contributed by atoms with van der Waals surface area (Å²) in [5, 5.41) is 2.71. The molecule has 0 spiro atoms. The van der Waals surface area contributed by atoms with Gasteiger partial charge in [0.2, 0.25) is 5.91 Å². The van der Waals surface area contributed by atoms with Gasteiger partial charge >= 0.3 is 0 Å². The van der Waals surface area contributed by atoms with Gasteiger partial charge in [0.15, 0.2) is 11.6 Å². The van der Waals surface area contributed by atoms with E-state index in [1.54, 1.807) is 18.2 Å². The molecule has 0 radical (unpaired) electrons. The van der Waals surface area contributed by atoms with E-state index in [9.17, 15) is 9.18 Å². The molecule has 23 heavy (non-hydrogen) atoms. The molecule has 1 atom stereocenters. The van der Waals surface area contributed by atoms with Crippen LogP contribution in [0.5, 0.6) is 5.75 Å². The number of halogens is 1. The van der Waals surface area contributed by atoms with Crippen LogP contribution >= 0.6 is 11.8 Å². The lowest BCUT2D eigenvalue weighted by molar-refractivity contribution is -0.120. The molecule has 0 aliphatic rings. The molecular weight excluding hydrogens is 313 g/mol. The molecule has 0 aromatic heterocycles. The number of para-hydroxylation sites is 1. The van der Waals surface area contributed by atoms with E-state index in [1.165, 1.54) is 17.8 Å². The van der Waals surface area contributed by atoms with Crippen LogP contribution in [0.2, 0.25) is 0 Å². The quantitative estimate of drug-likeness (QED) is 0.588. The standard InChI is InChI=1S/C18H20FNO2S/c1-14(23-15-8-3-2-4-9-15)18(21)20-12-7-13-22-17-11-6-5-10-16(17)19/h2-6,8-11,14H,7,12-13H2,1H3,(H,20,21). The van der Waals surface area contributed by atoms with E-state index < -0.39 is 0 Å². The predicted molar refractivity (Wildman–Crippen MR) is 91.3 cm³/mol. The first-order chi connectivity index (χ1) is 11.2. The molecule has 2 rings (SSSR count). The Morgan fingerprint density at radius 2 is 1.87 bits per heavy atom. The molecular formula is C18H20FNO2S. The molecule has 0 saturated carbocycles. The topological polar surface area (TPSA) is 38.3 Å². The molecule has 2 aromatic carbocycles. The summed E-state index contributed by atoms with van der Waals surface area (Å²) in [7, 11) is 0. The van der Waals surface area contributed by atoms with Crippen molar-refractivity contribution >= 4 is 17.7 Å². The van der Waals surface area contributed by atoms with E-state index in [2.05, 4.69) is 5.32 Å². The maximum absolute atomic E-state index is 13.3. The molecule has 2 aromatic rings. The van der Waals surface area contributed by atoms with Crippen molar-refractivity contribution in [3.63, 3.8) is 0 Å². The molecule has 1 N–H and O–H groups in total. The number of hydrogen-bond donors (Lipinski definition) is 1. The van der Waals surface area contributed by atoms with Crippen LogP contribution in [0.25, 0.3) is 0 Å². The van der Waals surface area contributed by atoms with Gasteiger partial charge in [-0.25, -0.2) is 4.39 Å². The largest absolute Gasteiger partial charge is 0.490 e. The van der Waals surface area contributed by atoms with Crippen LogP contribution < -0.4 is 10.1 Å². The van der Waals surface area contributed by atoms with Crippen LogP contribution in [0.4, 0.5) is 4.39 Å². The Morgan fingerprint density at radius 3 is 2.61 bits per heavy atom. The number of amides is 1. The van der Waals surface area contributed by atoms with Crippen LogP contribution in [0.1, 0.15) is 13.3 Å². The van der Waals surface area contributed by atoms with Gasteiger partial charge in [0.25, 0.3) is 0 Å². The van der Waals surface area contributed by atoms with Crippen molar-refractivity contribution in [1.82, 2.24) is 5.32 Å². The summed E-state index contributed by atoms with van der Waals surface area (Å²) in [5.74, 6) is -0.138. The van der Waals surface area contributed by atoms with Gasteiger partial charge in [-0.1, -0.05) is 30.3 Å². The summed E-state index contributed by atoms with van der Waals surface area (Å²) < 4.78 is 18.7. The Hall–Kier alpha value is -2.01. The van der Waals surface area contributed by atoms with E-state index in [4.69, 9.17) is 4.74 Å². The van der Waals surface area contributed by atoms with Crippen LogP contribution in [-0.4, -0.2) is 24.3 Å². The van der Waals surface area contributed by atoms with Crippen LogP contribution in [-0.2, 0) is 4.79 Å². The van der Waals surface area contributed by atoms with Crippen molar-refractivity contribution in [3.8, 4) is 5.75 Å². The number of thioether (sulfide) groups is 1. The zero-order valence-corrected chi connectivity index (χ0v) is 13.8. The highest BCUT2D eigenvalue weighted by Crippen LogP contribution is 2.22. The maximum atomic E-state index is 13.3. The number of carbonyl (C=O) groups is 1. The lowest BCUT2D eigenvalue weighted by atomic mass is 10.3. The SMILES string of the molecule is CC(Sc1ccccc1)C(=O)NCCCOc1ccccc1F. The van der Waals surface area contributed by atoms with Crippen molar-refractivity contribution in [2.45, 2.75) is 23.5 Å². The van der Waals surface area contributed by atoms with Crippen LogP contribution in [0, 0.1) is 5.82 Å². The number of benzene rings is 2. The number of carbonyl (C=O) groups excluding carboxylic acids is 1. The minimum atomic E-state index is -0.371. The normalized spacial score (nSPS) is 11.7. The highest BCUT2D eigenvalue weighted by molar-refractivity contribution is 8.00. The fourth-order valence-electron chi connectivity index (χ4n) is 1.93. The molecule has 3 nitrogen and oxygen atoms in total. The van der Waals surface area contributed by atoms with Gasteiger partial charge < -0.3 is 10.1 Å². The van der Waals surface area contributed by atoms with Crippen molar-refractivity contribution in [3.05, 3.63) is 60.4 Å². The van der Waals surface area contributed by atoms with Gasteiger partial charge in [-0.05, 0) is 37.6 Å². The molecule has 0 bridgehead atoms. The third-order valence-electron chi connectivity index (χ3n) is 3.14. The first-order valence-electron chi connectivity index (χ1n) is 7.53. The molecule has 0 saturated heterocycles. The van der Waals surface area contributed by atoms with Gasteiger partial charge in [0, 0.05) is 11.4 Å². The fourth-order valence-corrected chi connectivity index (χ4v) is 2.84. The van der Waals surface area contributed by atoms with Gasteiger partial charge in [-0.2, -0.15) is 0 Å². The van der Waals surface area contributed by atoms with Crippen molar-refractivity contribution in [1.29, 1.82) is 0 Å². The Kier molecular flexibility index (Phi) is 6.94. The fraction of sp³-hybridized carbons (Fsp3) is 0.278. The zero-order chi connectivity index (χ0) is 16.5. The number of rotatable bonds is 8. The van der Waals surface area contributed by atoms with E-state index in [0.717, 1.165) is 4.90 Å². The monoisotopic (exact) mass is 333 g/mol. The zero-order valence-electron chi connectivity index (χ0n) is 13.0. The van der Waals surface area contributed by atoms with E-state index in [0.29, 0.717) is 19.6 Å². The van der Waals surface area contributed by atoms with E-state index in [-0.39, 0.29) is 22.7 Å². The summed E-state index contributed by atoms with van der Waals surface area (Å²) in [6, 6.07) is 16.1. The number of hydrogen-bond acceptors (Lipinski definition) is 3. The third-order valence-corrected chi connectivity index (χ3v) is 4.25. The van der Waals surface area contributed by atoms with E-state index in [1.807, 2.05) is 37.3 Å². The molecule has 0 fully saturated rings. The van der Waals surface area contributed by atoms with Crippen LogP contribution in [0.3, 0.4) is 0 Å². The Labute approximate surface area is 140 Å². The van der Waals surface area contributed by atoms with Crippen molar-refractivity contribution in [2.24, 2.45) is 0 Å². The minimum absolute atomic E-state index is 0.00950. The molecule has 0 heterocycles. The first-order valence-corrected chi connectivity index (χ1v) is 8.41. The molecule has 5 heteroatoms. The van der Waals surface area contributed by atoms with Gasteiger partial charge in [-0.15, -0.1) is 11.8 Å². The highest BCUT2D eigenvalue weighted by atomic mass is 32.2. The second-order valence-electron chi connectivity index (χ2n) is 5.00. The lowest BCUT2D eigenvalue weighted by Gasteiger charge is -2.12. The Bertz CT molecular complexity index is 621. The molecule has 1 amide bonds. The average Bonchev–Trinajstić information content (AvgIpc) is 2.57. The first kappa shape index (κ1) is 17.3. The lowest BCUT2D eigenvalue weighted by Crippen LogP contribution is -2.32. The molecule has 0 aliphatic heterocycles. The van der Waals surface area contributed by atoms with E-state index >= 15 is 0 Å². The summed E-state index contributed by atoms with van der Waals surface area (Å²) in [6.07, 6.45) is 0.628. The molecule has 1 unspecified atom stereocenters. The minimum Gasteiger partial charge on any atom is -0.490 e. The molecule has 0 aliphatic carbocycles. The summed E-state index contributed by atoms with van der Waals surface area (Å²) in [4.78, 5) is 13.1. The van der Waals surface area contributed by atoms with Gasteiger partial charge in [0.1, 0.15) is 0 Å². The maximum Gasteiger partial charge on any atom is 0.233 e. The van der Waals surface area contributed by atoms with Crippen molar-refractivity contribution in [2.75, 3.05) is 13.2 Å². The highest BCUT2D eigenvalue weighted by Gasteiger charge is 2.13. The predicted octanol–water partition coefficient (Wildman–Crippen LogP) is 3.89. The Balaban J connectivity index is 1.64. The smallest absolute Gasteiger partial charge is 0.233 e. The third kappa shape index (κ3) is 5.94. The van der Waals surface area contributed by atoms with Crippen LogP contribution in [0.15, 0.2) is 59.5 Å². The number of nitrogens with one attached hydrogen (secondary N) is 1. The van der Waals surface area contributed by atoms with Crippen molar-refractivity contribution < 1.29 is 13.9 Å². The number of ether oxygens (including phenoxy) is 1. The summed E-state index contributed by atoms with van der Waals surface area (Å²) >= 11 is 1.52. The summed E-state index contributed by atoms with van der Waals surface area (Å²) in [5.41, 5.74) is 0.